The van der Waals surface area contributed by atoms with Crippen LogP contribution in [0.5, 0.6) is 11.5 Å². The molecule has 3 rings (SSSR count). The number of phenolic OH excluding ortho intramolecular Hbond substituents is 1. The fourth-order valence-corrected chi connectivity index (χ4v) is 3.68. The zero-order valence-electron chi connectivity index (χ0n) is 15.7. The highest BCUT2D eigenvalue weighted by molar-refractivity contribution is 5.97. The van der Waals surface area contributed by atoms with Gasteiger partial charge >= 0.3 is 5.97 Å². The van der Waals surface area contributed by atoms with Crippen LogP contribution in [0.25, 0.3) is 6.08 Å². The molecule has 1 heterocycles. The van der Waals surface area contributed by atoms with E-state index in [1.165, 1.54) is 19.3 Å². The van der Waals surface area contributed by atoms with Crippen LogP contribution in [0.4, 0.5) is 0 Å². The van der Waals surface area contributed by atoms with Gasteiger partial charge in [0.15, 0.2) is 0 Å². The molecule has 1 aromatic carbocycles. The first-order valence-electron chi connectivity index (χ1n) is 9.41. The van der Waals surface area contributed by atoms with E-state index in [0.29, 0.717) is 17.7 Å². The largest absolute Gasteiger partial charge is 0.507 e. The number of aliphatic hydroxyl groups excluding tert-OH is 3. The molecular weight excluding hydrogens is 364 g/mol. The minimum atomic E-state index is -1.34. The second kappa shape index (κ2) is 8.77. The third-order valence-electron chi connectivity index (χ3n) is 5.30. The zero-order chi connectivity index (χ0) is 20.3. The normalized spacial score (nSPS) is 33.1. The van der Waals surface area contributed by atoms with Crippen LogP contribution in [0, 0.1) is 5.92 Å². The molecular formula is C21H26O7. The molecule has 5 atom stereocenters. The highest BCUT2D eigenvalue weighted by Crippen LogP contribution is 2.34. The van der Waals surface area contributed by atoms with Crippen LogP contribution >= 0.6 is 0 Å². The molecule has 28 heavy (non-hydrogen) atoms. The lowest BCUT2D eigenvalue weighted by Gasteiger charge is -2.22. The Kier molecular flexibility index (Phi) is 6.39. The number of aliphatic hydroxyl groups is 3. The van der Waals surface area contributed by atoms with E-state index in [2.05, 4.69) is 0 Å². The minimum Gasteiger partial charge on any atom is -0.507 e. The second-order valence-corrected chi connectivity index (χ2v) is 7.22. The lowest BCUT2D eigenvalue weighted by molar-refractivity contribution is -0.0395. The van der Waals surface area contributed by atoms with Crippen molar-refractivity contribution in [1.82, 2.24) is 0 Å². The van der Waals surface area contributed by atoms with E-state index in [4.69, 9.17) is 9.47 Å². The maximum absolute atomic E-state index is 12.8. The van der Waals surface area contributed by atoms with E-state index in [9.17, 15) is 25.2 Å². The van der Waals surface area contributed by atoms with Gasteiger partial charge in [0.1, 0.15) is 35.4 Å². The van der Waals surface area contributed by atoms with Crippen LogP contribution in [-0.4, -0.2) is 57.9 Å². The number of ether oxygens (including phenoxy) is 2. The van der Waals surface area contributed by atoms with E-state index in [1.807, 2.05) is 0 Å². The summed E-state index contributed by atoms with van der Waals surface area (Å²) in [5.74, 6) is -0.627. The summed E-state index contributed by atoms with van der Waals surface area (Å²) in [5.41, 5.74) is 0.407. The molecule has 0 radical (unpaired) electrons. The van der Waals surface area contributed by atoms with Gasteiger partial charge in [-0.15, -0.1) is 0 Å². The Morgan fingerprint density at radius 1 is 1.14 bits per heavy atom. The van der Waals surface area contributed by atoms with Crippen molar-refractivity contribution in [3.8, 4) is 11.5 Å². The van der Waals surface area contributed by atoms with Crippen molar-refractivity contribution in [2.24, 2.45) is 5.92 Å². The van der Waals surface area contributed by atoms with Crippen LogP contribution in [0.3, 0.4) is 0 Å². The van der Waals surface area contributed by atoms with Crippen LogP contribution < -0.4 is 4.74 Å². The summed E-state index contributed by atoms with van der Waals surface area (Å²) >= 11 is 0. The van der Waals surface area contributed by atoms with Gasteiger partial charge in [0.25, 0.3) is 0 Å². The van der Waals surface area contributed by atoms with E-state index in [0.717, 1.165) is 12.8 Å². The third kappa shape index (κ3) is 4.38. The van der Waals surface area contributed by atoms with Gasteiger partial charge in [-0.2, -0.15) is 0 Å². The van der Waals surface area contributed by atoms with Gasteiger partial charge in [0.05, 0.1) is 13.2 Å². The maximum Gasteiger partial charge on any atom is 0.342 e. The van der Waals surface area contributed by atoms with Crippen molar-refractivity contribution >= 4 is 12.0 Å². The molecule has 4 N–H and O–H groups in total. The number of rotatable bonds is 1. The van der Waals surface area contributed by atoms with Crippen LogP contribution in [0.15, 0.2) is 30.4 Å². The number of benzene rings is 1. The van der Waals surface area contributed by atoms with E-state index < -0.39 is 24.3 Å². The molecule has 7 heteroatoms. The predicted octanol–water partition coefficient (Wildman–Crippen LogP) is 1.78. The number of hydrogen-bond donors (Lipinski definition) is 4. The monoisotopic (exact) mass is 390 g/mol. The van der Waals surface area contributed by atoms with E-state index in [1.54, 1.807) is 24.3 Å². The number of methoxy groups -OCH3 is 1. The number of carbonyl (C=O) groups is 1. The SMILES string of the molecule is COc1cc(O)c2c(c1)/C=C/C[C@@H](O)C(O)C(O)/C=C\[C@H]1CCCC1OC2=O. The Labute approximate surface area is 163 Å². The number of carbonyl (C=O) groups excluding carboxylic acids is 1. The Balaban J connectivity index is 2.01. The molecule has 152 valence electrons. The summed E-state index contributed by atoms with van der Waals surface area (Å²) in [5, 5.41) is 40.7. The van der Waals surface area contributed by atoms with Crippen LogP contribution in [0.1, 0.15) is 41.6 Å². The van der Waals surface area contributed by atoms with Gasteiger partial charge in [0, 0.05) is 12.0 Å². The highest BCUT2D eigenvalue weighted by atomic mass is 16.5. The summed E-state index contributed by atoms with van der Waals surface area (Å²) in [6.45, 7) is 0. The fraction of sp³-hybridized carbons (Fsp3) is 0.476. The fourth-order valence-electron chi connectivity index (χ4n) is 3.68. The van der Waals surface area contributed by atoms with Gasteiger partial charge in [-0.25, -0.2) is 4.79 Å². The molecule has 1 aliphatic heterocycles. The van der Waals surface area contributed by atoms with Gasteiger partial charge in [-0.1, -0.05) is 24.3 Å². The molecule has 1 aromatic rings. The van der Waals surface area contributed by atoms with E-state index in [-0.39, 0.29) is 29.8 Å². The molecule has 0 aromatic heterocycles. The number of phenols is 1. The first-order chi connectivity index (χ1) is 13.4. The van der Waals surface area contributed by atoms with Gasteiger partial charge < -0.3 is 29.9 Å². The topological polar surface area (TPSA) is 116 Å². The minimum absolute atomic E-state index is 0.0267. The first-order valence-corrected chi connectivity index (χ1v) is 9.41. The van der Waals surface area contributed by atoms with E-state index >= 15 is 0 Å². The van der Waals surface area contributed by atoms with Gasteiger partial charge in [0.2, 0.25) is 0 Å². The standard InChI is InChI=1S/C21H26O7/c1-27-14-10-13-5-2-6-15(22)20(25)16(23)9-8-12-4-3-7-18(12)28-21(26)19(13)17(24)11-14/h2,5,8-12,15-16,18,20,22-25H,3-4,6-7H2,1H3/b5-2+,9-8-/t12-,15-,16?,18?,20?/m1/s1. The Bertz CT molecular complexity index is 770. The molecule has 7 nitrogen and oxygen atoms in total. The lowest BCUT2D eigenvalue weighted by atomic mass is 9.99. The highest BCUT2D eigenvalue weighted by Gasteiger charge is 2.31. The summed E-state index contributed by atoms with van der Waals surface area (Å²) in [6, 6.07) is 2.93. The smallest absolute Gasteiger partial charge is 0.342 e. The molecule has 1 fully saturated rings. The Hall–Kier alpha value is -2.35. The summed E-state index contributed by atoms with van der Waals surface area (Å²) in [6.07, 6.45) is 4.48. The summed E-state index contributed by atoms with van der Waals surface area (Å²) in [7, 11) is 1.45. The van der Waals surface area contributed by atoms with Crippen LogP contribution in [-0.2, 0) is 4.74 Å². The van der Waals surface area contributed by atoms with Crippen molar-refractivity contribution < 1.29 is 34.7 Å². The molecule has 3 unspecified atom stereocenters. The van der Waals surface area contributed by atoms with Crippen molar-refractivity contribution in [1.29, 1.82) is 0 Å². The molecule has 2 aliphatic rings. The Morgan fingerprint density at radius 3 is 2.68 bits per heavy atom. The molecule has 0 spiro atoms. The number of esters is 1. The lowest BCUT2D eigenvalue weighted by Crippen LogP contribution is -2.36. The molecule has 0 saturated heterocycles. The summed E-state index contributed by atoms with van der Waals surface area (Å²) < 4.78 is 10.8. The molecule has 1 aliphatic carbocycles. The molecule has 1 saturated carbocycles. The zero-order valence-corrected chi connectivity index (χ0v) is 15.7. The van der Waals surface area contributed by atoms with Crippen molar-refractivity contribution in [3.05, 3.63) is 41.5 Å². The average molecular weight is 390 g/mol. The first kappa shape index (κ1) is 20.4. The number of fused-ring (bicyclic) bond motifs is 2. The molecule has 0 bridgehead atoms. The maximum atomic E-state index is 12.8. The third-order valence-corrected chi connectivity index (χ3v) is 5.30. The quantitative estimate of drug-likeness (QED) is 0.427. The van der Waals surface area contributed by atoms with Crippen molar-refractivity contribution in [3.63, 3.8) is 0 Å². The van der Waals surface area contributed by atoms with Crippen LogP contribution in [0.2, 0.25) is 0 Å². The van der Waals surface area contributed by atoms with Gasteiger partial charge in [-0.05, 0) is 37.3 Å². The van der Waals surface area contributed by atoms with Crippen molar-refractivity contribution in [2.75, 3.05) is 7.11 Å². The Morgan fingerprint density at radius 2 is 1.93 bits per heavy atom. The number of aromatic hydroxyl groups is 1. The average Bonchev–Trinajstić information content (AvgIpc) is 3.10. The summed E-state index contributed by atoms with van der Waals surface area (Å²) in [4.78, 5) is 12.8. The molecule has 0 amide bonds. The van der Waals surface area contributed by atoms with Crippen molar-refractivity contribution in [2.45, 2.75) is 50.1 Å². The predicted molar refractivity (Wildman–Crippen MR) is 102 cm³/mol. The number of hydrogen-bond acceptors (Lipinski definition) is 7. The van der Waals surface area contributed by atoms with Gasteiger partial charge in [-0.3, -0.25) is 0 Å². The second-order valence-electron chi connectivity index (χ2n) is 7.22.